The molecule has 20 heavy (non-hydrogen) atoms. The number of piperazine rings is 1. The average Bonchev–Trinajstić information content (AvgIpc) is 2.37. The summed E-state index contributed by atoms with van der Waals surface area (Å²) in [5.74, 6) is -0.102. The SMILES string of the molecule is Cc1ccccc1C(=O)N1CCN(CC(F)(F)F)CC1. The highest BCUT2D eigenvalue weighted by molar-refractivity contribution is 5.95. The van der Waals surface area contributed by atoms with Gasteiger partial charge in [-0.15, -0.1) is 0 Å². The van der Waals surface area contributed by atoms with E-state index in [0.29, 0.717) is 18.7 Å². The van der Waals surface area contributed by atoms with Gasteiger partial charge in [0.05, 0.1) is 6.54 Å². The van der Waals surface area contributed by atoms with E-state index in [4.69, 9.17) is 0 Å². The van der Waals surface area contributed by atoms with E-state index in [0.717, 1.165) is 5.56 Å². The van der Waals surface area contributed by atoms with Gasteiger partial charge >= 0.3 is 6.18 Å². The summed E-state index contributed by atoms with van der Waals surface area (Å²) in [5.41, 5.74) is 1.51. The maximum absolute atomic E-state index is 12.3. The van der Waals surface area contributed by atoms with Crippen LogP contribution in [-0.2, 0) is 0 Å². The number of hydrogen-bond acceptors (Lipinski definition) is 2. The standard InChI is InChI=1S/C14H17F3N2O/c1-11-4-2-3-5-12(11)13(20)19-8-6-18(7-9-19)10-14(15,16)17/h2-5H,6-10H2,1H3. The number of alkyl halides is 3. The summed E-state index contributed by atoms with van der Waals surface area (Å²) in [5, 5.41) is 0. The molecule has 1 aliphatic rings. The molecule has 1 heterocycles. The molecule has 110 valence electrons. The van der Waals surface area contributed by atoms with E-state index in [1.807, 2.05) is 19.1 Å². The summed E-state index contributed by atoms with van der Waals surface area (Å²) >= 11 is 0. The molecule has 3 nitrogen and oxygen atoms in total. The highest BCUT2D eigenvalue weighted by Crippen LogP contribution is 2.18. The number of carbonyl (C=O) groups excluding carboxylic acids is 1. The summed E-state index contributed by atoms with van der Waals surface area (Å²) in [6.07, 6.45) is -4.18. The first-order valence-corrected chi connectivity index (χ1v) is 6.51. The van der Waals surface area contributed by atoms with Gasteiger partial charge in [-0.05, 0) is 18.6 Å². The molecular weight excluding hydrogens is 269 g/mol. The number of aryl methyl sites for hydroxylation is 1. The van der Waals surface area contributed by atoms with Crippen LogP contribution in [0.25, 0.3) is 0 Å². The van der Waals surface area contributed by atoms with Crippen LogP contribution >= 0.6 is 0 Å². The minimum atomic E-state index is -4.18. The molecule has 1 saturated heterocycles. The van der Waals surface area contributed by atoms with Crippen molar-refractivity contribution in [2.45, 2.75) is 13.1 Å². The number of benzene rings is 1. The maximum Gasteiger partial charge on any atom is 0.401 e. The number of hydrogen-bond donors (Lipinski definition) is 0. The van der Waals surface area contributed by atoms with Crippen LogP contribution in [0.4, 0.5) is 13.2 Å². The molecule has 2 rings (SSSR count). The first-order valence-electron chi connectivity index (χ1n) is 6.51. The Bertz CT molecular complexity index is 480. The zero-order valence-corrected chi connectivity index (χ0v) is 11.3. The zero-order chi connectivity index (χ0) is 14.8. The summed E-state index contributed by atoms with van der Waals surface area (Å²) in [6.45, 7) is 2.15. The third-order valence-electron chi connectivity index (χ3n) is 3.44. The molecule has 0 radical (unpaired) electrons. The fraction of sp³-hybridized carbons (Fsp3) is 0.500. The van der Waals surface area contributed by atoms with Crippen molar-refractivity contribution in [1.29, 1.82) is 0 Å². The monoisotopic (exact) mass is 286 g/mol. The van der Waals surface area contributed by atoms with Gasteiger partial charge in [0, 0.05) is 31.7 Å². The average molecular weight is 286 g/mol. The van der Waals surface area contributed by atoms with Crippen LogP contribution in [0.15, 0.2) is 24.3 Å². The first-order chi connectivity index (χ1) is 9.37. The van der Waals surface area contributed by atoms with Gasteiger partial charge in [-0.2, -0.15) is 13.2 Å². The Balaban J connectivity index is 1.94. The lowest BCUT2D eigenvalue weighted by molar-refractivity contribution is -0.148. The zero-order valence-electron chi connectivity index (χ0n) is 11.3. The molecule has 1 aliphatic heterocycles. The smallest absolute Gasteiger partial charge is 0.336 e. The Morgan fingerprint density at radius 2 is 1.75 bits per heavy atom. The van der Waals surface area contributed by atoms with Crippen molar-refractivity contribution >= 4 is 5.91 Å². The van der Waals surface area contributed by atoms with Gasteiger partial charge in [0.25, 0.3) is 5.91 Å². The molecule has 1 aromatic carbocycles. The normalized spacial score (nSPS) is 17.3. The number of rotatable bonds is 2. The number of amides is 1. The molecule has 0 N–H and O–H groups in total. The summed E-state index contributed by atoms with van der Waals surface area (Å²) in [6, 6.07) is 7.25. The van der Waals surface area contributed by atoms with E-state index in [-0.39, 0.29) is 19.0 Å². The van der Waals surface area contributed by atoms with Crippen molar-refractivity contribution in [3.8, 4) is 0 Å². The van der Waals surface area contributed by atoms with E-state index in [2.05, 4.69) is 0 Å². The van der Waals surface area contributed by atoms with Crippen LogP contribution in [0.2, 0.25) is 0 Å². The van der Waals surface area contributed by atoms with Crippen molar-refractivity contribution in [3.63, 3.8) is 0 Å². The third kappa shape index (κ3) is 3.72. The van der Waals surface area contributed by atoms with Gasteiger partial charge < -0.3 is 4.90 Å². The third-order valence-corrected chi connectivity index (χ3v) is 3.44. The summed E-state index contributed by atoms with van der Waals surface area (Å²) in [7, 11) is 0. The topological polar surface area (TPSA) is 23.6 Å². The molecule has 0 spiro atoms. The highest BCUT2D eigenvalue weighted by atomic mass is 19.4. The molecule has 0 aliphatic carbocycles. The Morgan fingerprint density at radius 3 is 2.30 bits per heavy atom. The molecule has 0 saturated carbocycles. The van der Waals surface area contributed by atoms with Crippen LogP contribution in [0.5, 0.6) is 0 Å². The molecule has 0 bridgehead atoms. The van der Waals surface area contributed by atoms with Crippen molar-refractivity contribution in [2.24, 2.45) is 0 Å². The largest absolute Gasteiger partial charge is 0.401 e. The predicted molar refractivity (Wildman–Crippen MR) is 69.6 cm³/mol. The second kappa shape index (κ2) is 5.83. The number of halogens is 3. The van der Waals surface area contributed by atoms with Crippen LogP contribution in [0.1, 0.15) is 15.9 Å². The van der Waals surface area contributed by atoms with Gasteiger partial charge in [0.2, 0.25) is 0 Å². The van der Waals surface area contributed by atoms with E-state index >= 15 is 0 Å². The lowest BCUT2D eigenvalue weighted by Crippen LogP contribution is -2.51. The molecule has 1 aromatic rings. The van der Waals surface area contributed by atoms with Crippen molar-refractivity contribution in [3.05, 3.63) is 35.4 Å². The van der Waals surface area contributed by atoms with Gasteiger partial charge in [0.15, 0.2) is 0 Å². The molecule has 0 atom stereocenters. The summed E-state index contributed by atoms with van der Waals surface area (Å²) < 4.78 is 36.9. The quantitative estimate of drug-likeness (QED) is 0.833. The summed E-state index contributed by atoms with van der Waals surface area (Å²) in [4.78, 5) is 15.3. The minimum Gasteiger partial charge on any atom is -0.336 e. The van der Waals surface area contributed by atoms with E-state index in [1.54, 1.807) is 17.0 Å². The molecule has 0 aromatic heterocycles. The molecule has 1 amide bonds. The van der Waals surface area contributed by atoms with E-state index in [1.165, 1.54) is 4.90 Å². The van der Waals surface area contributed by atoms with E-state index in [9.17, 15) is 18.0 Å². The Morgan fingerprint density at radius 1 is 1.15 bits per heavy atom. The lowest BCUT2D eigenvalue weighted by Gasteiger charge is -2.35. The number of nitrogens with zero attached hydrogens (tertiary/aromatic N) is 2. The van der Waals surface area contributed by atoms with Crippen molar-refractivity contribution in [1.82, 2.24) is 9.80 Å². The van der Waals surface area contributed by atoms with Crippen molar-refractivity contribution in [2.75, 3.05) is 32.7 Å². The van der Waals surface area contributed by atoms with Crippen molar-refractivity contribution < 1.29 is 18.0 Å². The van der Waals surface area contributed by atoms with Crippen LogP contribution in [0.3, 0.4) is 0 Å². The van der Waals surface area contributed by atoms with Gasteiger partial charge in [-0.25, -0.2) is 0 Å². The maximum atomic E-state index is 12.3. The van der Waals surface area contributed by atoms with Crippen LogP contribution in [-0.4, -0.2) is 54.6 Å². The van der Waals surface area contributed by atoms with Crippen LogP contribution < -0.4 is 0 Å². The second-order valence-corrected chi connectivity index (χ2v) is 5.00. The van der Waals surface area contributed by atoms with E-state index < -0.39 is 12.7 Å². The van der Waals surface area contributed by atoms with Gasteiger partial charge in [-0.1, -0.05) is 18.2 Å². The molecule has 0 unspecified atom stereocenters. The lowest BCUT2D eigenvalue weighted by atomic mass is 10.1. The van der Waals surface area contributed by atoms with Gasteiger partial charge in [0.1, 0.15) is 0 Å². The predicted octanol–water partition coefficient (Wildman–Crippen LogP) is 2.32. The Hall–Kier alpha value is -1.56. The molecule has 1 fully saturated rings. The second-order valence-electron chi connectivity index (χ2n) is 5.00. The first kappa shape index (κ1) is 14.8. The highest BCUT2D eigenvalue weighted by Gasteiger charge is 2.33. The van der Waals surface area contributed by atoms with Gasteiger partial charge in [-0.3, -0.25) is 9.69 Å². The Labute approximate surface area is 116 Å². The number of carbonyl (C=O) groups is 1. The van der Waals surface area contributed by atoms with Crippen LogP contribution in [0, 0.1) is 6.92 Å². The minimum absolute atomic E-state index is 0.102. The fourth-order valence-electron chi connectivity index (χ4n) is 2.35. The molecule has 6 heteroatoms. The Kier molecular flexibility index (Phi) is 4.32. The molecular formula is C14H17F3N2O. The fourth-order valence-corrected chi connectivity index (χ4v) is 2.35.